The number of halogens is 3. The van der Waals surface area contributed by atoms with Crippen molar-refractivity contribution in [3.8, 4) is 0 Å². The molecular formula is C16H14Cl2FNOS. The third kappa shape index (κ3) is 5.52. The zero-order valence-corrected chi connectivity index (χ0v) is 13.9. The minimum absolute atomic E-state index is 0.0764. The second-order valence-electron chi connectivity index (χ2n) is 4.65. The van der Waals surface area contributed by atoms with Gasteiger partial charge >= 0.3 is 0 Å². The van der Waals surface area contributed by atoms with Crippen molar-refractivity contribution in [2.75, 3.05) is 5.75 Å². The van der Waals surface area contributed by atoms with Gasteiger partial charge in [-0.3, -0.25) is 4.79 Å². The van der Waals surface area contributed by atoms with Crippen LogP contribution in [-0.2, 0) is 17.1 Å². The summed E-state index contributed by atoms with van der Waals surface area (Å²) in [6.45, 7) is 0.399. The first-order valence-electron chi connectivity index (χ1n) is 6.57. The molecule has 0 heterocycles. The molecular weight excluding hydrogens is 344 g/mol. The first-order chi connectivity index (χ1) is 10.5. The van der Waals surface area contributed by atoms with Crippen LogP contribution in [0.5, 0.6) is 0 Å². The maximum absolute atomic E-state index is 13.0. The van der Waals surface area contributed by atoms with Gasteiger partial charge < -0.3 is 5.32 Å². The molecule has 0 bridgehead atoms. The predicted octanol–water partition coefficient (Wildman–Crippen LogP) is 4.68. The number of carbonyl (C=O) groups excluding carboxylic acids is 1. The largest absolute Gasteiger partial charge is 0.351 e. The minimum atomic E-state index is -0.262. The van der Waals surface area contributed by atoms with E-state index in [2.05, 4.69) is 5.32 Å². The number of rotatable bonds is 6. The van der Waals surface area contributed by atoms with E-state index in [1.165, 1.54) is 23.9 Å². The third-order valence-corrected chi connectivity index (χ3v) is 4.61. The van der Waals surface area contributed by atoms with Gasteiger partial charge in [-0.25, -0.2) is 4.39 Å². The first kappa shape index (κ1) is 17.1. The van der Waals surface area contributed by atoms with Gasteiger partial charge in [-0.1, -0.05) is 41.4 Å². The lowest BCUT2D eigenvalue weighted by molar-refractivity contribution is -0.118. The summed E-state index contributed by atoms with van der Waals surface area (Å²) in [4.78, 5) is 11.8. The van der Waals surface area contributed by atoms with Crippen molar-refractivity contribution in [2.24, 2.45) is 0 Å². The van der Waals surface area contributed by atoms with Crippen molar-refractivity contribution in [1.82, 2.24) is 5.32 Å². The van der Waals surface area contributed by atoms with Crippen LogP contribution in [0.3, 0.4) is 0 Å². The molecule has 0 aromatic heterocycles. The lowest BCUT2D eigenvalue weighted by atomic mass is 10.2. The van der Waals surface area contributed by atoms with Gasteiger partial charge in [0.15, 0.2) is 0 Å². The van der Waals surface area contributed by atoms with E-state index < -0.39 is 0 Å². The summed E-state index contributed by atoms with van der Waals surface area (Å²) >= 11 is 13.2. The van der Waals surface area contributed by atoms with E-state index in [-0.39, 0.29) is 11.7 Å². The minimum Gasteiger partial charge on any atom is -0.351 e. The van der Waals surface area contributed by atoms with Crippen LogP contribution in [0.1, 0.15) is 11.1 Å². The van der Waals surface area contributed by atoms with Gasteiger partial charge in [0.05, 0.1) is 15.8 Å². The number of thioether (sulfide) groups is 1. The first-order valence-corrected chi connectivity index (χ1v) is 8.48. The SMILES string of the molecule is O=C(CSCc1cccc(F)c1)NCc1ccc(Cl)c(Cl)c1. The van der Waals surface area contributed by atoms with Crippen LogP contribution in [0.25, 0.3) is 0 Å². The Balaban J connectivity index is 1.72. The Labute approximate surface area is 143 Å². The van der Waals surface area contributed by atoms with Gasteiger partial charge in [0.25, 0.3) is 0 Å². The summed E-state index contributed by atoms with van der Waals surface area (Å²) in [5, 5.41) is 3.76. The number of nitrogens with one attached hydrogen (secondary N) is 1. The third-order valence-electron chi connectivity index (χ3n) is 2.86. The smallest absolute Gasteiger partial charge is 0.230 e. The van der Waals surface area contributed by atoms with Gasteiger partial charge in [-0.2, -0.15) is 0 Å². The topological polar surface area (TPSA) is 29.1 Å². The quantitative estimate of drug-likeness (QED) is 0.812. The summed E-state index contributed by atoms with van der Waals surface area (Å²) in [6.07, 6.45) is 0. The lowest BCUT2D eigenvalue weighted by Crippen LogP contribution is -2.24. The normalized spacial score (nSPS) is 10.5. The molecule has 0 saturated heterocycles. The van der Waals surface area contributed by atoms with Crippen LogP contribution in [0, 0.1) is 5.82 Å². The highest BCUT2D eigenvalue weighted by atomic mass is 35.5. The van der Waals surface area contributed by atoms with E-state index in [9.17, 15) is 9.18 Å². The number of carbonyl (C=O) groups is 1. The van der Waals surface area contributed by atoms with Crippen LogP contribution < -0.4 is 5.32 Å². The maximum atomic E-state index is 13.0. The highest BCUT2D eigenvalue weighted by Gasteiger charge is 2.04. The molecule has 6 heteroatoms. The summed E-state index contributed by atoms with van der Waals surface area (Å²) < 4.78 is 13.0. The Bertz CT molecular complexity index is 666. The predicted molar refractivity (Wildman–Crippen MR) is 90.9 cm³/mol. The van der Waals surface area contributed by atoms with E-state index in [0.29, 0.717) is 28.1 Å². The molecule has 2 rings (SSSR count). The molecule has 22 heavy (non-hydrogen) atoms. The summed E-state index contributed by atoms with van der Waals surface area (Å²) in [5.41, 5.74) is 1.75. The van der Waals surface area contributed by atoms with Crippen LogP contribution >= 0.6 is 35.0 Å². The van der Waals surface area contributed by atoms with Gasteiger partial charge in [-0.05, 0) is 35.4 Å². The molecule has 0 aliphatic carbocycles. The van der Waals surface area contributed by atoms with Crippen molar-refractivity contribution in [1.29, 1.82) is 0 Å². The molecule has 2 nitrogen and oxygen atoms in total. The van der Waals surface area contributed by atoms with E-state index in [1.54, 1.807) is 18.2 Å². The molecule has 0 radical (unpaired) electrons. The molecule has 2 aromatic rings. The average molecular weight is 358 g/mol. The Morgan fingerprint density at radius 2 is 1.91 bits per heavy atom. The molecule has 2 aromatic carbocycles. The van der Waals surface area contributed by atoms with E-state index >= 15 is 0 Å². The molecule has 0 saturated carbocycles. The van der Waals surface area contributed by atoms with Crippen molar-refractivity contribution < 1.29 is 9.18 Å². The summed E-state index contributed by atoms with van der Waals surface area (Å²) in [5.74, 6) is 0.574. The van der Waals surface area contributed by atoms with E-state index in [1.807, 2.05) is 12.1 Å². The molecule has 0 unspecified atom stereocenters. The zero-order valence-electron chi connectivity index (χ0n) is 11.6. The Morgan fingerprint density at radius 1 is 1.09 bits per heavy atom. The molecule has 0 atom stereocenters. The van der Waals surface area contributed by atoms with Crippen molar-refractivity contribution in [2.45, 2.75) is 12.3 Å². The van der Waals surface area contributed by atoms with E-state index in [4.69, 9.17) is 23.2 Å². The molecule has 0 fully saturated rings. The molecule has 1 N–H and O–H groups in total. The number of amides is 1. The lowest BCUT2D eigenvalue weighted by Gasteiger charge is -2.06. The molecule has 0 aliphatic heterocycles. The Hall–Kier alpha value is -1.23. The van der Waals surface area contributed by atoms with Gasteiger partial charge in [0.2, 0.25) is 5.91 Å². The number of hydrogen-bond donors (Lipinski definition) is 1. The Kier molecular flexibility index (Phi) is 6.55. The Morgan fingerprint density at radius 3 is 2.64 bits per heavy atom. The van der Waals surface area contributed by atoms with Crippen LogP contribution in [-0.4, -0.2) is 11.7 Å². The highest BCUT2D eigenvalue weighted by Crippen LogP contribution is 2.22. The second-order valence-corrected chi connectivity index (χ2v) is 6.45. The fraction of sp³-hybridized carbons (Fsp3) is 0.188. The fourth-order valence-electron chi connectivity index (χ4n) is 1.79. The molecule has 0 spiro atoms. The van der Waals surface area contributed by atoms with Crippen LogP contribution in [0.15, 0.2) is 42.5 Å². The molecule has 116 valence electrons. The monoisotopic (exact) mass is 357 g/mol. The zero-order chi connectivity index (χ0) is 15.9. The van der Waals surface area contributed by atoms with E-state index in [0.717, 1.165) is 11.1 Å². The molecule has 1 amide bonds. The number of hydrogen-bond acceptors (Lipinski definition) is 2. The highest BCUT2D eigenvalue weighted by molar-refractivity contribution is 7.99. The second kappa shape index (κ2) is 8.42. The number of benzene rings is 2. The average Bonchev–Trinajstić information content (AvgIpc) is 2.48. The fourth-order valence-corrected chi connectivity index (χ4v) is 2.92. The van der Waals surface area contributed by atoms with Gasteiger partial charge in [-0.15, -0.1) is 11.8 Å². The van der Waals surface area contributed by atoms with Crippen molar-refractivity contribution in [3.05, 3.63) is 69.5 Å². The van der Waals surface area contributed by atoms with Crippen LogP contribution in [0.2, 0.25) is 10.0 Å². The maximum Gasteiger partial charge on any atom is 0.230 e. The van der Waals surface area contributed by atoms with Crippen LogP contribution in [0.4, 0.5) is 4.39 Å². The van der Waals surface area contributed by atoms with Gasteiger partial charge in [0.1, 0.15) is 5.82 Å². The summed E-state index contributed by atoms with van der Waals surface area (Å²) in [6, 6.07) is 11.6. The van der Waals surface area contributed by atoms with Crippen molar-refractivity contribution in [3.63, 3.8) is 0 Å². The molecule has 0 aliphatic rings. The van der Waals surface area contributed by atoms with Gasteiger partial charge in [0, 0.05) is 12.3 Å². The standard InChI is InChI=1S/C16H14Cl2FNOS/c17-14-5-4-11(7-15(14)18)8-20-16(21)10-22-9-12-2-1-3-13(19)6-12/h1-7H,8-10H2,(H,20,21). The summed E-state index contributed by atoms with van der Waals surface area (Å²) in [7, 11) is 0. The van der Waals surface area contributed by atoms with Crippen molar-refractivity contribution >= 4 is 40.9 Å².